The van der Waals surface area contributed by atoms with E-state index in [1.54, 1.807) is 0 Å². The van der Waals surface area contributed by atoms with Gasteiger partial charge in [-0.2, -0.15) is 5.10 Å². The first kappa shape index (κ1) is 17.5. The van der Waals surface area contributed by atoms with Crippen molar-refractivity contribution >= 4 is 12.4 Å². The number of hydrogen-bond acceptors (Lipinski definition) is 3. The van der Waals surface area contributed by atoms with Crippen molar-refractivity contribution in [3.05, 3.63) is 18.0 Å². The lowest BCUT2D eigenvalue weighted by Gasteiger charge is -2.31. The van der Waals surface area contributed by atoms with Crippen LogP contribution in [0.1, 0.15) is 44.7 Å². The molecule has 2 rings (SSSR count). The van der Waals surface area contributed by atoms with Crippen LogP contribution in [0, 0.1) is 5.92 Å². The minimum Gasteiger partial charge on any atom is -0.320 e. The summed E-state index contributed by atoms with van der Waals surface area (Å²) >= 11 is 0. The van der Waals surface area contributed by atoms with Gasteiger partial charge in [-0.15, -0.1) is 12.4 Å². The molecule has 1 fully saturated rings. The molecule has 2 heterocycles. The standard InChI is InChI=1S/C15H28N4.ClH/c1-13(2)19-12-15(10-17-19)11-18-8-5-14(6-9-18)4-7-16-3;/h10,12-14,16H,4-9,11H2,1-3H3;1H. The molecule has 0 aromatic carbocycles. The molecule has 20 heavy (non-hydrogen) atoms. The van der Waals surface area contributed by atoms with Gasteiger partial charge in [0.2, 0.25) is 0 Å². The average molecular weight is 301 g/mol. The molecule has 1 saturated heterocycles. The third-order valence-corrected chi connectivity index (χ3v) is 4.10. The molecule has 0 bridgehead atoms. The van der Waals surface area contributed by atoms with Crippen LogP contribution < -0.4 is 5.32 Å². The van der Waals surface area contributed by atoms with Crippen molar-refractivity contribution < 1.29 is 0 Å². The Balaban J connectivity index is 0.00000200. The first-order chi connectivity index (χ1) is 9.19. The molecule has 1 aromatic rings. The quantitative estimate of drug-likeness (QED) is 0.877. The smallest absolute Gasteiger partial charge is 0.0534 e. The van der Waals surface area contributed by atoms with Crippen molar-refractivity contribution in [1.29, 1.82) is 0 Å². The largest absolute Gasteiger partial charge is 0.320 e. The van der Waals surface area contributed by atoms with Gasteiger partial charge < -0.3 is 5.32 Å². The molecule has 4 nitrogen and oxygen atoms in total. The number of nitrogens with zero attached hydrogens (tertiary/aromatic N) is 3. The highest BCUT2D eigenvalue weighted by atomic mass is 35.5. The first-order valence-corrected chi connectivity index (χ1v) is 7.59. The Bertz CT molecular complexity index is 370. The fourth-order valence-corrected chi connectivity index (χ4v) is 2.78. The summed E-state index contributed by atoms with van der Waals surface area (Å²) in [4.78, 5) is 2.57. The van der Waals surface area contributed by atoms with Gasteiger partial charge in [0.1, 0.15) is 0 Å². The van der Waals surface area contributed by atoms with E-state index in [0.717, 1.165) is 19.0 Å². The second-order valence-electron chi connectivity index (χ2n) is 6.03. The first-order valence-electron chi connectivity index (χ1n) is 7.59. The third-order valence-electron chi connectivity index (χ3n) is 4.10. The summed E-state index contributed by atoms with van der Waals surface area (Å²) in [5.74, 6) is 0.919. The second kappa shape index (κ2) is 8.65. The fourth-order valence-electron chi connectivity index (χ4n) is 2.78. The Morgan fingerprint density at radius 2 is 2.05 bits per heavy atom. The molecule has 0 amide bonds. The van der Waals surface area contributed by atoms with E-state index < -0.39 is 0 Å². The van der Waals surface area contributed by atoms with E-state index in [-0.39, 0.29) is 12.4 Å². The Morgan fingerprint density at radius 3 is 2.60 bits per heavy atom. The molecule has 1 aromatic heterocycles. The lowest BCUT2D eigenvalue weighted by Crippen LogP contribution is -2.33. The summed E-state index contributed by atoms with van der Waals surface area (Å²) in [6, 6.07) is 0.459. The minimum absolute atomic E-state index is 0. The van der Waals surface area contributed by atoms with Gasteiger partial charge in [-0.25, -0.2) is 0 Å². The molecule has 0 aliphatic carbocycles. The molecular formula is C15H29ClN4. The highest BCUT2D eigenvalue weighted by Crippen LogP contribution is 2.21. The Labute approximate surface area is 129 Å². The monoisotopic (exact) mass is 300 g/mol. The molecule has 0 radical (unpaired) electrons. The van der Waals surface area contributed by atoms with Crippen LogP contribution in [0.4, 0.5) is 0 Å². The maximum atomic E-state index is 4.42. The van der Waals surface area contributed by atoms with Gasteiger partial charge >= 0.3 is 0 Å². The van der Waals surface area contributed by atoms with Gasteiger partial charge in [-0.05, 0) is 65.7 Å². The summed E-state index contributed by atoms with van der Waals surface area (Å²) in [6.45, 7) is 9.04. The van der Waals surface area contributed by atoms with E-state index in [2.05, 4.69) is 40.0 Å². The SMILES string of the molecule is CNCCC1CCN(Cc2cnn(C(C)C)c2)CC1.Cl. The summed E-state index contributed by atoms with van der Waals surface area (Å²) < 4.78 is 2.05. The Morgan fingerprint density at radius 1 is 1.35 bits per heavy atom. The predicted octanol–water partition coefficient (Wildman–Crippen LogP) is 2.71. The predicted molar refractivity (Wildman–Crippen MR) is 86.4 cm³/mol. The second-order valence-corrected chi connectivity index (χ2v) is 6.03. The maximum absolute atomic E-state index is 4.42. The van der Waals surface area contributed by atoms with E-state index in [1.807, 2.05) is 13.2 Å². The maximum Gasteiger partial charge on any atom is 0.0534 e. The van der Waals surface area contributed by atoms with E-state index >= 15 is 0 Å². The lowest BCUT2D eigenvalue weighted by atomic mass is 9.93. The zero-order valence-corrected chi connectivity index (χ0v) is 13.8. The van der Waals surface area contributed by atoms with E-state index in [9.17, 15) is 0 Å². The summed E-state index contributed by atoms with van der Waals surface area (Å²) in [5, 5.41) is 7.67. The number of piperidine rings is 1. The summed E-state index contributed by atoms with van der Waals surface area (Å²) in [5.41, 5.74) is 1.35. The topological polar surface area (TPSA) is 33.1 Å². The Hall–Kier alpha value is -0.580. The zero-order chi connectivity index (χ0) is 13.7. The highest BCUT2D eigenvalue weighted by molar-refractivity contribution is 5.85. The number of aromatic nitrogens is 2. The van der Waals surface area contributed by atoms with E-state index in [4.69, 9.17) is 0 Å². The number of rotatable bonds is 6. The minimum atomic E-state index is 0. The van der Waals surface area contributed by atoms with Crippen LogP contribution in [0.2, 0.25) is 0 Å². The van der Waals surface area contributed by atoms with Crippen LogP contribution in [0.15, 0.2) is 12.4 Å². The normalized spacial score (nSPS) is 17.4. The van der Waals surface area contributed by atoms with Crippen LogP contribution in [0.25, 0.3) is 0 Å². The van der Waals surface area contributed by atoms with E-state index in [1.165, 1.54) is 37.9 Å². The molecule has 0 atom stereocenters. The molecular weight excluding hydrogens is 272 g/mol. The lowest BCUT2D eigenvalue weighted by molar-refractivity contribution is 0.172. The van der Waals surface area contributed by atoms with Crippen LogP contribution in [0.5, 0.6) is 0 Å². The van der Waals surface area contributed by atoms with Gasteiger partial charge in [0.05, 0.1) is 6.20 Å². The van der Waals surface area contributed by atoms with Crippen molar-refractivity contribution in [2.24, 2.45) is 5.92 Å². The zero-order valence-electron chi connectivity index (χ0n) is 13.0. The molecule has 116 valence electrons. The molecule has 1 N–H and O–H groups in total. The van der Waals surface area contributed by atoms with Crippen molar-refractivity contribution in [2.75, 3.05) is 26.7 Å². The summed E-state index contributed by atoms with van der Waals surface area (Å²) in [7, 11) is 2.04. The summed E-state index contributed by atoms with van der Waals surface area (Å²) in [6.07, 6.45) is 8.24. The van der Waals surface area contributed by atoms with Gasteiger partial charge in [0.25, 0.3) is 0 Å². The van der Waals surface area contributed by atoms with Crippen molar-refractivity contribution in [3.8, 4) is 0 Å². The van der Waals surface area contributed by atoms with E-state index in [0.29, 0.717) is 6.04 Å². The molecule has 0 unspecified atom stereocenters. The van der Waals surface area contributed by atoms with Gasteiger partial charge in [0, 0.05) is 24.3 Å². The highest BCUT2D eigenvalue weighted by Gasteiger charge is 2.19. The van der Waals surface area contributed by atoms with Gasteiger partial charge in [-0.1, -0.05) is 0 Å². The van der Waals surface area contributed by atoms with Crippen molar-refractivity contribution in [1.82, 2.24) is 20.0 Å². The van der Waals surface area contributed by atoms with Crippen molar-refractivity contribution in [2.45, 2.75) is 45.7 Å². The Kier molecular flexibility index (Phi) is 7.56. The van der Waals surface area contributed by atoms with Gasteiger partial charge in [0.15, 0.2) is 0 Å². The number of likely N-dealkylation sites (tertiary alicyclic amines) is 1. The van der Waals surface area contributed by atoms with Crippen LogP contribution in [0.3, 0.4) is 0 Å². The van der Waals surface area contributed by atoms with Crippen LogP contribution >= 0.6 is 12.4 Å². The molecule has 1 aliphatic heterocycles. The fraction of sp³-hybridized carbons (Fsp3) is 0.800. The number of nitrogens with one attached hydrogen (secondary N) is 1. The molecule has 0 saturated carbocycles. The molecule has 5 heteroatoms. The van der Waals surface area contributed by atoms with Crippen LogP contribution in [-0.4, -0.2) is 41.4 Å². The molecule has 0 spiro atoms. The molecule has 1 aliphatic rings. The van der Waals surface area contributed by atoms with Crippen molar-refractivity contribution in [3.63, 3.8) is 0 Å². The number of hydrogen-bond donors (Lipinski definition) is 1. The van der Waals surface area contributed by atoms with Crippen LogP contribution in [-0.2, 0) is 6.54 Å². The third kappa shape index (κ3) is 5.08. The average Bonchev–Trinajstić information content (AvgIpc) is 2.87. The number of halogens is 1. The van der Waals surface area contributed by atoms with Gasteiger partial charge in [-0.3, -0.25) is 9.58 Å².